The van der Waals surface area contributed by atoms with E-state index in [0.29, 0.717) is 5.69 Å². The molecular weight excluding hydrogens is 340 g/mol. The van der Waals surface area contributed by atoms with Crippen LogP contribution in [0.3, 0.4) is 0 Å². The van der Waals surface area contributed by atoms with Crippen molar-refractivity contribution in [3.05, 3.63) is 12.1 Å². The molecule has 0 saturated carbocycles. The summed E-state index contributed by atoms with van der Waals surface area (Å²) >= 11 is 0. The van der Waals surface area contributed by atoms with Crippen molar-refractivity contribution in [3.8, 4) is 0 Å². The highest BCUT2D eigenvalue weighted by atomic mass is 32.2. The fourth-order valence-corrected chi connectivity index (χ4v) is 3.79. The maximum Gasteiger partial charge on any atom is 0.326 e. The SMILES string of the molecule is CN(C)S(=O)(=O)c1ccc(N2C[C@@H](O)C[C@H]2C(=O)O)c2nonc12. The molecule has 0 aliphatic carbocycles. The molecule has 2 atom stereocenters. The molecular formula is C13H16N4O6S. The van der Waals surface area contributed by atoms with Gasteiger partial charge in [0.2, 0.25) is 10.0 Å². The molecule has 2 aromatic rings. The van der Waals surface area contributed by atoms with Crippen molar-refractivity contribution in [1.29, 1.82) is 0 Å². The zero-order valence-electron chi connectivity index (χ0n) is 12.9. The monoisotopic (exact) mass is 356 g/mol. The lowest BCUT2D eigenvalue weighted by Gasteiger charge is -2.23. The van der Waals surface area contributed by atoms with Gasteiger partial charge in [-0.2, -0.15) is 0 Å². The Balaban J connectivity index is 2.16. The largest absolute Gasteiger partial charge is 0.480 e. The first kappa shape index (κ1) is 16.6. The number of fused-ring (bicyclic) bond motifs is 1. The van der Waals surface area contributed by atoms with Crippen molar-refractivity contribution >= 4 is 32.7 Å². The molecule has 1 aromatic heterocycles. The molecule has 1 aliphatic rings. The Bertz CT molecular complexity index is 893. The maximum absolute atomic E-state index is 12.4. The molecule has 3 rings (SSSR count). The number of anilines is 1. The number of aliphatic hydroxyl groups excluding tert-OH is 1. The Hall–Kier alpha value is -2.24. The first-order valence-electron chi connectivity index (χ1n) is 7.08. The zero-order chi connectivity index (χ0) is 17.6. The fourth-order valence-electron chi connectivity index (χ4n) is 2.78. The highest BCUT2D eigenvalue weighted by molar-refractivity contribution is 7.89. The summed E-state index contributed by atoms with van der Waals surface area (Å²) in [7, 11) is -0.990. The minimum absolute atomic E-state index is 0.0201. The third-order valence-corrected chi connectivity index (χ3v) is 5.84. The fraction of sp³-hybridized carbons (Fsp3) is 0.462. The van der Waals surface area contributed by atoms with Crippen LogP contribution >= 0.6 is 0 Å². The molecule has 2 N–H and O–H groups in total. The summed E-state index contributed by atoms with van der Waals surface area (Å²) in [5, 5.41) is 26.5. The van der Waals surface area contributed by atoms with Gasteiger partial charge in [0.15, 0.2) is 11.0 Å². The van der Waals surface area contributed by atoms with Crippen LogP contribution in [0.25, 0.3) is 11.0 Å². The van der Waals surface area contributed by atoms with E-state index < -0.39 is 28.1 Å². The van der Waals surface area contributed by atoms with E-state index in [2.05, 4.69) is 14.9 Å². The Morgan fingerprint density at radius 2 is 2.00 bits per heavy atom. The molecule has 0 unspecified atom stereocenters. The molecule has 24 heavy (non-hydrogen) atoms. The molecule has 0 amide bonds. The molecule has 10 nitrogen and oxygen atoms in total. The maximum atomic E-state index is 12.4. The summed E-state index contributed by atoms with van der Waals surface area (Å²) in [5.74, 6) is -1.08. The highest BCUT2D eigenvalue weighted by Crippen LogP contribution is 2.34. The number of aliphatic carboxylic acids is 1. The van der Waals surface area contributed by atoms with E-state index in [1.807, 2.05) is 0 Å². The lowest BCUT2D eigenvalue weighted by atomic mass is 10.2. The molecule has 0 radical (unpaired) electrons. The third kappa shape index (κ3) is 2.50. The quantitative estimate of drug-likeness (QED) is 0.742. The minimum Gasteiger partial charge on any atom is -0.480 e. The van der Waals surface area contributed by atoms with Gasteiger partial charge in [-0.3, -0.25) is 0 Å². The number of hydrogen-bond donors (Lipinski definition) is 2. The molecule has 2 heterocycles. The van der Waals surface area contributed by atoms with Crippen molar-refractivity contribution in [1.82, 2.24) is 14.6 Å². The zero-order valence-corrected chi connectivity index (χ0v) is 13.8. The Labute approximate surface area is 137 Å². The van der Waals surface area contributed by atoms with E-state index >= 15 is 0 Å². The lowest BCUT2D eigenvalue weighted by Crippen LogP contribution is -2.36. The highest BCUT2D eigenvalue weighted by Gasteiger charge is 2.38. The number of nitrogens with zero attached hydrogens (tertiary/aromatic N) is 4. The molecule has 130 valence electrons. The van der Waals surface area contributed by atoms with Crippen LogP contribution in [0.5, 0.6) is 0 Å². The van der Waals surface area contributed by atoms with Crippen LogP contribution in [0.4, 0.5) is 5.69 Å². The first-order chi connectivity index (χ1) is 11.2. The molecule has 11 heteroatoms. The topological polar surface area (TPSA) is 137 Å². The Morgan fingerprint density at radius 1 is 1.33 bits per heavy atom. The Kier molecular flexibility index (Phi) is 3.94. The predicted octanol–water partition coefficient (Wildman–Crippen LogP) is -0.503. The van der Waals surface area contributed by atoms with Crippen LogP contribution in [-0.2, 0) is 14.8 Å². The molecule has 0 spiro atoms. The standard InChI is InChI=1S/C13H16N4O6S/c1-16(2)24(21,22)10-4-3-8(11-12(10)15-23-14-11)17-6-7(18)5-9(17)13(19)20/h3-4,7,9,18H,5-6H2,1-2H3,(H,19,20)/t7-,9-/m0/s1. The third-order valence-electron chi connectivity index (χ3n) is 3.99. The smallest absolute Gasteiger partial charge is 0.326 e. The average Bonchev–Trinajstić information content (AvgIpc) is 3.12. The molecule has 1 aliphatic heterocycles. The van der Waals surface area contributed by atoms with Gasteiger partial charge in [-0.1, -0.05) is 0 Å². The van der Waals surface area contributed by atoms with Crippen LogP contribution in [0.15, 0.2) is 21.7 Å². The van der Waals surface area contributed by atoms with Gasteiger partial charge >= 0.3 is 5.97 Å². The molecule has 0 bridgehead atoms. The van der Waals surface area contributed by atoms with E-state index in [-0.39, 0.29) is 28.9 Å². The normalized spacial score (nSPS) is 21.8. The number of benzene rings is 1. The number of carboxylic acid groups (broad SMARTS) is 1. The lowest BCUT2D eigenvalue weighted by molar-refractivity contribution is -0.138. The minimum atomic E-state index is -3.77. The number of carboxylic acids is 1. The summed E-state index contributed by atoms with van der Waals surface area (Å²) in [5.41, 5.74) is 0.512. The molecule has 1 aromatic carbocycles. The first-order valence-corrected chi connectivity index (χ1v) is 8.52. The summed E-state index contributed by atoms with van der Waals surface area (Å²) in [4.78, 5) is 12.8. The van der Waals surface area contributed by atoms with Gasteiger partial charge in [0.05, 0.1) is 11.8 Å². The number of β-amino-alcohol motifs (C(OH)–C–C–N with tert-alkyl or cyclic N) is 1. The van der Waals surface area contributed by atoms with Crippen molar-refractivity contribution in [2.45, 2.75) is 23.5 Å². The van der Waals surface area contributed by atoms with Gasteiger partial charge in [0.1, 0.15) is 10.9 Å². The summed E-state index contributed by atoms with van der Waals surface area (Å²) in [6, 6.07) is 1.86. The van der Waals surface area contributed by atoms with E-state index in [9.17, 15) is 23.4 Å². The Morgan fingerprint density at radius 3 is 2.62 bits per heavy atom. The average molecular weight is 356 g/mol. The van der Waals surface area contributed by atoms with Gasteiger partial charge in [-0.15, -0.1) is 0 Å². The van der Waals surface area contributed by atoms with Crippen LogP contribution in [0.1, 0.15) is 6.42 Å². The van der Waals surface area contributed by atoms with E-state index in [1.165, 1.54) is 31.1 Å². The second-order valence-electron chi connectivity index (χ2n) is 5.73. The summed E-state index contributed by atoms with van der Waals surface area (Å²) in [6.45, 7) is 0.0959. The number of sulfonamides is 1. The van der Waals surface area contributed by atoms with E-state index in [4.69, 9.17) is 0 Å². The molecule has 1 saturated heterocycles. The van der Waals surface area contributed by atoms with Gasteiger partial charge in [0.25, 0.3) is 0 Å². The van der Waals surface area contributed by atoms with E-state index in [0.717, 1.165) is 4.31 Å². The number of hydrogen-bond acceptors (Lipinski definition) is 8. The van der Waals surface area contributed by atoms with Crippen LogP contribution in [0.2, 0.25) is 0 Å². The molecule has 1 fully saturated rings. The van der Waals surface area contributed by atoms with Gasteiger partial charge in [-0.05, 0) is 22.4 Å². The van der Waals surface area contributed by atoms with E-state index in [1.54, 1.807) is 0 Å². The van der Waals surface area contributed by atoms with Crippen LogP contribution in [0, 0.1) is 0 Å². The van der Waals surface area contributed by atoms with Gasteiger partial charge < -0.3 is 15.1 Å². The van der Waals surface area contributed by atoms with Crippen molar-refractivity contribution in [2.24, 2.45) is 0 Å². The summed E-state index contributed by atoms with van der Waals surface area (Å²) in [6.07, 6.45) is -0.731. The van der Waals surface area contributed by atoms with Crippen molar-refractivity contribution < 1.29 is 28.1 Å². The summed E-state index contributed by atoms with van der Waals surface area (Å²) < 4.78 is 30.5. The second-order valence-corrected chi connectivity index (χ2v) is 7.85. The van der Waals surface area contributed by atoms with Crippen molar-refractivity contribution in [3.63, 3.8) is 0 Å². The van der Waals surface area contributed by atoms with Crippen LogP contribution < -0.4 is 4.90 Å². The number of aliphatic hydroxyl groups is 1. The van der Waals surface area contributed by atoms with Gasteiger partial charge in [0, 0.05) is 27.1 Å². The number of carbonyl (C=O) groups is 1. The van der Waals surface area contributed by atoms with Crippen LogP contribution in [-0.4, -0.2) is 72.0 Å². The number of rotatable bonds is 4. The number of aromatic nitrogens is 2. The predicted molar refractivity (Wildman–Crippen MR) is 82.1 cm³/mol. The second kappa shape index (κ2) is 5.69. The van der Waals surface area contributed by atoms with Crippen molar-refractivity contribution in [2.75, 3.05) is 25.5 Å². The van der Waals surface area contributed by atoms with Gasteiger partial charge in [-0.25, -0.2) is 22.1 Å².